The SMILES string of the molecule is ClCCc1ncc(-c2cccc3c2OCCO3)o1. The quantitative estimate of drug-likeness (QED) is 0.801. The van der Waals surface area contributed by atoms with Gasteiger partial charge in [-0.25, -0.2) is 4.98 Å². The third-order valence-electron chi connectivity index (χ3n) is 2.69. The van der Waals surface area contributed by atoms with E-state index < -0.39 is 0 Å². The lowest BCUT2D eigenvalue weighted by molar-refractivity contribution is 0.172. The second-order valence-corrected chi connectivity index (χ2v) is 4.26. The van der Waals surface area contributed by atoms with E-state index in [1.807, 2.05) is 18.2 Å². The van der Waals surface area contributed by atoms with Crippen molar-refractivity contribution in [3.8, 4) is 22.8 Å². The normalized spacial score (nSPS) is 13.6. The molecule has 0 unspecified atom stereocenters. The molecule has 0 saturated carbocycles. The smallest absolute Gasteiger partial charge is 0.196 e. The van der Waals surface area contributed by atoms with Crippen LogP contribution in [0.15, 0.2) is 28.8 Å². The molecule has 0 fully saturated rings. The molecule has 1 aliphatic heterocycles. The fraction of sp³-hybridized carbons (Fsp3) is 0.308. The minimum absolute atomic E-state index is 0.493. The van der Waals surface area contributed by atoms with Crippen molar-refractivity contribution >= 4 is 11.6 Å². The molecule has 0 N–H and O–H groups in total. The van der Waals surface area contributed by atoms with Crippen LogP contribution in [0.2, 0.25) is 0 Å². The average Bonchev–Trinajstić information content (AvgIpc) is 2.87. The molecular formula is C13H12ClNO3. The van der Waals surface area contributed by atoms with E-state index in [0.717, 1.165) is 17.1 Å². The molecule has 0 spiro atoms. The highest BCUT2D eigenvalue weighted by atomic mass is 35.5. The number of nitrogens with zero attached hydrogens (tertiary/aromatic N) is 1. The summed E-state index contributed by atoms with van der Waals surface area (Å²) in [6.07, 6.45) is 2.31. The van der Waals surface area contributed by atoms with Gasteiger partial charge in [0.15, 0.2) is 23.1 Å². The van der Waals surface area contributed by atoms with Gasteiger partial charge >= 0.3 is 0 Å². The molecule has 0 bridgehead atoms. The third kappa shape index (κ3) is 2.04. The van der Waals surface area contributed by atoms with E-state index >= 15 is 0 Å². The molecule has 2 aromatic rings. The number of para-hydroxylation sites is 1. The maximum absolute atomic E-state index is 5.66. The van der Waals surface area contributed by atoms with E-state index in [9.17, 15) is 0 Å². The highest BCUT2D eigenvalue weighted by molar-refractivity contribution is 6.17. The van der Waals surface area contributed by atoms with Crippen LogP contribution in [0.1, 0.15) is 5.89 Å². The zero-order valence-electron chi connectivity index (χ0n) is 9.69. The van der Waals surface area contributed by atoms with Crippen molar-refractivity contribution in [2.75, 3.05) is 19.1 Å². The first-order chi connectivity index (χ1) is 8.88. The number of rotatable bonds is 3. The Morgan fingerprint density at radius 1 is 1.22 bits per heavy atom. The van der Waals surface area contributed by atoms with E-state index in [-0.39, 0.29) is 0 Å². The van der Waals surface area contributed by atoms with Gasteiger partial charge in [0.25, 0.3) is 0 Å². The number of halogens is 1. The number of hydrogen-bond donors (Lipinski definition) is 0. The van der Waals surface area contributed by atoms with Crippen molar-refractivity contribution in [3.05, 3.63) is 30.3 Å². The van der Waals surface area contributed by atoms with Crippen LogP contribution in [0.4, 0.5) is 0 Å². The molecule has 0 aliphatic carbocycles. The molecule has 5 heteroatoms. The number of aryl methyl sites for hydroxylation is 1. The fourth-order valence-corrected chi connectivity index (χ4v) is 2.06. The first-order valence-electron chi connectivity index (χ1n) is 5.78. The summed E-state index contributed by atoms with van der Waals surface area (Å²) < 4.78 is 16.8. The van der Waals surface area contributed by atoms with Crippen LogP contribution in [-0.2, 0) is 6.42 Å². The van der Waals surface area contributed by atoms with E-state index in [4.69, 9.17) is 25.5 Å². The van der Waals surface area contributed by atoms with Crippen LogP contribution in [0.5, 0.6) is 11.5 Å². The number of alkyl halides is 1. The lowest BCUT2D eigenvalue weighted by Gasteiger charge is -2.19. The number of ether oxygens (including phenoxy) is 2. The van der Waals surface area contributed by atoms with Crippen molar-refractivity contribution in [1.82, 2.24) is 4.98 Å². The van der Waals surface area contributed by atoms with Crippen LogP contribution in [0.25, 0.3) is 11.3 Å². The monoisotopic (exact) mass is 265 g/mol. The van der Waals surface area contributed by atoms with Crippen molar-refractivity contribution in [2.24, 2.45) is 0 Å². The summed E-state index contributed by atoms with van der Waals surface area (Å²) in [7, 11) is 0. The summed E-state index contributed by atoms with van der Waals surface area (Å²) in [5.41, 5.74) is 0.862. The van der Waals surface area contributed by atoms with Crippen molar-refractivity contribution in [3.63, 3.8) is 0 Å². The van der Waals surface area contributed by atoms with Gasteiger partial charge < -0.3 is 13.9 Å². The van der Waals surface area contributed by atoms with Gasteiger partial charge in [0.1, 0.15) is 13.2 Å². The Kier molecular flexibility index (Phi) is 3.11. The van der Waals surface area contributed by atoms with Gasteiger partial charge in [0, 0.05) is 12.3 Å². The third-order valence-corrected chi connectivity index (χ3v) is 2.88. The van der Waals surface area contributed by atoms with E-state index in [2.05, 4.69) is 4.98 Å². The maximum atomic E-state index is 5.66. The van der Waals surface area contributed by atoms with Crippen LogP contribution in [0, 0.1) is 0 Å². The minimum Gasteiger partial charge on any atom is -0.486 e. The summed E-state index contributed by atoms with van der Waals surface area (Å²) >= 11 is 5.66. The molecule has 1 aromatic heterocycles. The Labute approximate surface area is 109 Å². The topological polar surface area (TPSA) is 44.5 Å². The zero-order chi connectivity index (χ0) is 12.4. The summed E-state index contributed by atoms with van der Waals surface area (Å²) in [5.74, 6) is 3.27. The van der Waals surface area contributed by atoms with Crippen LogP contribution < -0.4 is 9.47 Å². The molecule has 2 heterocycles. The summed E-state index contributed by atoms with van der Waals surface area (Å²) in [6.45, 7) is 1.12. The summed E-state index contributed by atoms with van der Waals surface area (Å²) in [4.78, 5) is 4.18. The molecule has 0 atom stereocenters. The lowest BCUT2D eigenvalue weighted by atomic mass is 10.1. The Morgan fingerprint density at radius 3 is 3.00 bits per heavy atom. The van der Waals surface area contributed by atoms with Gasteiger partial charge in [0.05, 0.1) is 11.8 Å². The first-order valence-corrected chi connectivity index (χ1v) is 6.31. The van der Waals surface area contributed by atoms with E-state index in [0.29, 0.717) is 37.2 Å². The van der Waals surface area contributed by atoms with E-state index in [1.54, 1.807) is 6.20 Å². The van der Waals surface area contributed by atoms with Gasteiger partial charge in [-0.2, -0.15) is 0 Å². The molecule has 94 valence electrons. The molecular weight excluding hydrogens is 254 g/mol. The number of hydrogen-bond acceptors (Lipinski definition) is 4. The Bertz CT molecular complexity index is 553. The highest BCUT2D eigenvalue weighted by Gasteiger charge is 2.19. The van der Waals surface area contributed by atoms with Crippen LogP contribution in [-0.4, -0.2) is 24.1 Å². The Morgan fingerprint density at radius 2 is 2.11 bits per heavy atom. The molecule has 0 saturated heterocycles. The number of fused-ring (bicyclic) bond motifs is 1. The number of aromatic nitrogens is 1. The Balaban J connectivity index is 2.00. The number of benzene rings is 1. The van der Waals surface area contributed by atoms with Gasteiger partial charge in [-0.1, -0.05) is 6.07 Å². The second-order valence-electron chi connectivity index (χ2n) is 3.89. The second kappa shape index (κ2) is 4.90. The largest absolute Gasteiger partial charge is 0.486 e. The first kappa shape index (κ1) is 11.4. The molecule has 1 aliphatic rings. The van der Waals surface area contributed by atoms with Gasteiger partial charge in [-0.05, 0) is 12.1 Å². The molecule has 18 heavy (non-hydrogen) atoms. The van der Waals surface area contributed by atoms with Crippen LogP contribution >= 0.6 is 11.6 Å². The van der Waals surface area contributed by atoms with Gasteiger partial charge in [0.2, 0.25) is 0 Å². The van der Waals surface area contributed by atoms with Gasteiger partial charge in [-0.3, -0.25) is 0 Å². The Hall–Kier alpha value is -1.68. The summed E-state index contributed by atoms with van der Waals surface area (Å²) in [6, 6.07) is 5.72. The van der Waals surface area contributed by atoms with Crippen molar-refractivity contribution in [1.29, 1.82) is 0 Å². The van der Waals surface area contributed by atoms with Gasteiger partial charge in [-0.15, -0.1) is 11.6 Å². The molecule has 0 radical (unpaired) electrons. The standard InChI is InChI=1S/C13H12ClNO3/c14-5-4-12-15-8-11(18-12)9-2-1-3-10-13(9)17-7-6-16-10/h1-3,8H,4-7H2. The molecule has 1 aromatic carbocycles. The predicted octanol–water partition coefficient (Wildman–Crippen LogP) is 2.89. The molecule has 3 rings (SSSR count). The highest BCUT2D eigenvalue weighted by Crippen LogP contribution is 2.39. The minimum atomic E-state index is 0.493. The predicted molar refractivity (Wildman–Crippen MR) is 67.4 cm³/mol. The average molecular weight is 266 g/mol. The lowest BCUT2D eigenvalue weighted by Crippen LogP contribution is -2.15. The van der Waals surface area contributed by atoms with Crippen LogP contribution in [0.3, 0.4) is 0 Å². The van der Waals surface area contributed by atoms with Crippen molar-refractivity contribution in [2.45, 2.75) is 6.42 Å². The van der Waals surface area contributed by atoms with Crippen molar-refractivity contribution < 1.29 is 13.9 Å². The van der Waals surface area contributed by atoms with E-state index in [1.165, 1.54) is 0 Å². The maximum Gasteiger partial charge on any atom is 0.196 e. The zero-order valence-corrected chi connectivity index (χ0v) is 10.4. The summed E-state index contributed by atoms with van der Waals surface area (Å²) in [5, 5.41) is 0. The fourth-order valence-electron chi connectivity index (χ4n) is 1.90. The molecule has 0 amide bonds. The number of oxazole rings is 1. The molecule has 4 nitrogen and oxygen atoms in total.